The molecule has 0 bridgehead atoms. The summed E-state index contributed by atoms with van der Waals surface area (Å²) in [6, 6.07) is 0.164. The second-order valence-electron chi connectivity index (χ2n) is 4.45. The van der Waals surface area contributed by atoms with Crippen LogP contribution in [-0.4, -0.2) is 23.3 Å². The molecule has 0 radical (unpaired) electrons. The van der Waals surface area contributed by atoms with Gasteiger partial charge in [0, 0.05) is 18.9 Å². The monoisotopic (exact) mass is 168 g/mol. The van der Waals surface area contributed by atoms with Crippen molar-refractivity contribution in [2.75, 3.05) is 6.54 Å². The Hall–Kier alpha value is -0.700. The molecule has 0 spiro atoms. The average molecular weight is 168 g/mol. The summed E-state index contributed by atoms with van der Waals surface area (Å²) in [5.41, 5.74) is -0.428. The molecule has 1 saturated carbocycles. The fraction of sp³-hybridized carbons (Fsp3) is 0.778. The van der Waals surface area contributed by atoms with Gasteiger partial charge < -0.3 is 15.7 Å². The van der Waals surface area contributed by atoms with Crippen LogP contribution in [0.3, 0.4) is 0 Å². The first-order chi connectivity index (χ1) is 5.56. The summed E-state index contributed by atoms with van der Waals surface area (Å²) in [5, 5.41) is 16.4. The summed E-state index contributed by atoms with van der Waals surface area (Å²) in [6.07, 6.45) is 4.63. The summed E-state index contributed by atoms with van der Waals surface area (Å²) < 4.78 is 0. The van der Waals surface area contributed by atoms with Crippen LogP contribution < -0.4 is 10.6 Å². The number of rotatable bonds is 1. The van der Waals surface area contributed by atoms with Gasteiger partial charge in [0.2, 0.25) is 0 Å². The van der Waals surface area contributed by atoms with E-state index in [1.807, 2.05) is 12.4 Å². The lowest BCUT2D eigenvalue weighted by molar-refractivity contribution is 0.0703. The highest BCUT2D eigenvalue weighted by molar-refractivity contribution is 5.19. The van der Waals surface area contributed by atoms with E-state index in [0.29, 0.717) is 0 Å². The third-order valence-electron chi connectivity index (χ3n) is 3.16. The lowest BCUT2D eigenvalue weighted by atomic mass is 9.99. The highest BCUT2D eigenvalue weighted by Gasteiger charge is 2.64. The first kappa shape index (κ1) is 7.92. The van der Waals surface area contributed by atoms with Crippen molar-refractivity contribution < 1.29 is 5.11 Å². The SMILES string of the molecule is CC1(C)CC1(O)C1CNC=CN1. The van der Waals surface area contributed by atoms with Gasteiger partial charge in [0.1, 0.15) is 0 Å². The molecule has 1 heterocycles. The first-order valence-electron chi connectivity index (χ1n) is 4.43. The third-order valence-corrected chi connectivity index (χ3v) is 3.16. The molecule has 0 aromatic heterocycles. The van der Waals surface area contributed by atoms with Crippen LogP contribution in [0.2, 0.25) is 0 Å². The molecule has 1 aliphatic heterocycles. The lowest BCUT2D eigenvalue weighted by Crippen LogP contribution is -2.50. The number of aliphatic hydroxyl groups is 1. The minimum absolute atomic E-state index is 0.0809. The van der Waals surface area contributed by atoms with Crippen molar-refractivity contribution in [2.45, 2.75) is 31.9 Å². The molecule has 3 nitrogen and oxygen atoms in total. The first-order valence-corrected chi connectivity index (χ1v) is 4.43. The highest BCUT2D eigenvalue weighted by Crippen LogP contribution is 2.57. The quantitative estimate of drug-likeness (QED) is 0.523. The summed E-state index contributed by atoms with van der Waals surface area (Å²) in [5.74, 6) is 0. The predicted octanol–water partition coefficient (Wildman–Crippen LogP) is 0.180. The maximum atomic E-state index is 10.1. The Morgan fingerprint density at radius 2 is 2.08 bits per heavy atom. The second kappa shape index (κ2) is 2.16. The Labute approximate surface area is 72.9 Å². The molecule has 2 unspecified atom stereocenters. The molecule has 1 aliphatic carbocycles. The van der Waals surface area contributed by atoms with Gasteiger partial charge in [-0.15, -0.1) is 0 Å². The zero-order valence-corrected chi connectivity index (χ0v) is 7.59. The van der Waals surface area contributed by atoms with Crippen LogP contribution in [0.15, 0.2) is 12.4 Å². The van der Waals surface area contributed by atoms with Crippen LogP contribution in [0.5, 0.6) is 0 Å². The predicted molar refractivity (Wildman–Crippen MR) is 47.4 cm³/mol. The zero-order chi connectivity index (χ0) is 8.82. The largest absolute Gasteiger partial charge is 0.388 e. The molecule has 2 aliphatic rings. The summed E-state index contributed by atoms with van der Waals surface area (Å²) in [6.45, 7) is 5.02. The average Bonchev–Trinajstić information content (AvgIpc) is 2.55. The Morgan fingerprint density at radius 1 is 1.42 bits per heavy atom. The zero-order valence-electron chi connectivity index (χ0n) is 7.59. The molecule has 68 valence electrons. The topological polar surface area (TPSA) is 44.3 Å². The van der Waals surface area contributed by atoms with Crippen molar-refractivity contribution in [3.63, 3.8) is 0 Å². The lowest BCUT2D eigenvalue weighted by Gasteiger charge is -2.28. The van der Waals surface area contributed by atoms with E-state index < -0.39 is 5.60 Å². The second-order valence-corrected chi connectivity index (χ2v) is 4.45. The van der Waals surface area contributed by atoms with Gasteiger partial charge in [-0.2, -0.15) is 0 Å². The van der Waals surface area contributed by atoms with Gasteiger partial charge in [-0.25, -0.2) is 0 Å². The molecule has 2 atom stereocenters. The number of hydrogen-bond donors (Lipinski definition) is 3. The Kier molecular flexibility index (Phi) is 1.43. The van der Waals surface area contributed by atoms with Crippen molar-refractivity contribution in [1.82, 2.24) is 10.6 Å². The van der Waals surface area contributed by atoms with Gasteiger partial charge >= 0.3 is 0 Å². The summed E-state index contributed by atoms with van der Waals surface area (Å²) in [7, 11) is 0. The van der Waals surface area contributed by atoms with E-state index in [-0.39, 0.29) is 11.5 Å². The molecule has 12 heavy (non-hydrogen) atoms. The summed E-state index contributed by atoms with van der Waals surface area (Å²) in [4.78, 5) is 0. The van der Waals surface area contributed by atoms with Crippen LogP contribution in [-0.2, 0) is 0 Å². The molecule has 0 aromatic rings. The molecular formula is C9H16N2O. The van der Waals surface area contributed by atoms with E-state index in [4.69, 9.17) is 0 Å². The molecule has 3 N–H and O–H groups in total. The Morgan fingerprint density at radius 3 is 2.50 bits per heavy atom. The van der Waals surface area contributed by atoms with Crippen molar-refractivity contribution in [2.24, 2.45) is 5.41 Å². The van der Waals surface area contributed by atoms with Crippen LogP contribution in [0, 0.1) is 5.41 Å². The molecule has 3 heteroatoms. The fourth-order valence-electron chi connectivity index (χ4n) is 2.00. The van der Waals surface area contributed by atoms with Gasteiger partial charge in [-0.1, -0.05) is 13.8 Å². The Balaban J connectivity index is 2.06. The van der Waals surface area contributed by atoms with Crippen LogP contribution in [0.1, 0.15) is 20.3 Å². The molecule has 0 aromatic carbocycles. The Bertz CT molecular complexity index is 225. The fourth-order valence-corrected chi connectivity index (χ4v) is 2.00. The number of nitrogens with one attached hydrogen (secondary N) is 2. The van der Waals surface area contributed by atoms with E-state index in [1.165, 1.54) is 0 Å². The van der Waals surface area contributed by atoms with E-state index in [1.54, 1.807) is 0 Å². The van der Waals surface area contributed by atoms with Crippen molar-refractivity contribution in [3.05, 3.63) is 12.4 Å². The van der Waals surface area contributed by atoms with Crippen molar-refractivity contribution in [1.29, 1.82) is 0 Å². The third kappa shape index (κ3) is 0.926. The maximum absolute atomic E-state index is 10.1. The van der Waals surface area contributed by atoms with E-state index in [2.05, 4.69) is 24.5 Å². The van der Waals surface area contributed by atoms with Crippen molar-refractivity contribution >= 4 is 0 Å². The van der Waals surface area contributed by atoms with Gasteiger partial charge in [0.15, 0.2) is 0 Å². The molecule has 0 amide bonds. The van der Waals surface area contributed by atoms with E-state index >= 15 is 0 Å². The van der Waals surface area contributed by atoms with Crippen LogP contribution in [0.4, 0.5) is 0 Å². The van der Waals surface area contributed by atoms with Gasteiger partial charge in [-0.05, 0) is 11.8 Å². The van der Waals surface area contributed by atoms with Crippen LogP contribution in [0.25, 0.3) is 0 Å². The van der Waals surface area contributed by atoms with Gasteiger partial charge in [0.25, 0.3) is 0 Å². The maximum Gasteiger partial charge on any atom is 0.0922 e. The highest BCUT2D eigenvalue weighted by atomic mass is 16.3. The smallest absolute Gasteiger partial charge is 0.0922 e. The van der Waals surface area contributed by atoms with E-state index in [0.717, 1.165) is 13.0 Å². The van der Waals surface area contributed by atoms with E-state index in [9.17, 15) is 5.11 Å². The van der Waals surface area contributed by atoms with Crippen molar-refractivity contribution in [3.8, 4) is 0 Å². The number of hydrogen-bond acceptors (Lipinski definition) is 3. The van der Waals surface area contributed by atoms with Gasteiger partial charge in [-0.3, -0.25) is 0 Å². The molecule has 2 rings (SSSR count). The summed E-state index contributed by atoms with van der Waals surface area (Å²) >= 11 is 0. The molecule has 0 saturated heterocycles. The standard InChI is InChI=1S/C9H16N2O/c1-8(2)6-9(8,12)7-5-10-3-4-11-7/h3-4,7,10-12H,5-6H2,1-2H3. The molecule has 1 fully saturated rings. The van der Waals surface area contributed by atoms with Crippen LogP contribution >= 0.6 is 0 Å². The van der Waals surface area contributed by atoms with Gasteiger partial charge in [0.05, 0.1) is 11.6 Å². The minimum atomic E-state index is -0.509. The minimum Gasteiger partial charge on any atom is -0.388 e. The normalized spacial score (nSPS) is 43.1. The molecular weight excluding hydrogens is 152 g/mol.